The minimum Gasteiger partial charge on any atom is -0.322 e. The predicted octanol–water partition coefficient (Wildman–Crippen LogP) is 4.40. The van der Waals surface area contributed by atoms with Crippen LogP contribution in [0, 0.1) is 6.92 Å². The van der Waals surface area contributed by atoms with Crippen molar-refractivity contribution >= 4 is 23.2 Å². The highest BCUT2D eigenvalue weighted by Gasteiger charge is 2.08. The molecule has 3 aromatic carbocycles. The molecule has 3 rings (SSSR count). The molecule has 0 saturated heterocycles. The lowest BCUT2D eigenvalue weighted by Gasteiger charge is -2.07. The Bertz CT molecular complexity index is 992. The summed E-state index contributed by atoms with van der Waals surface area (Å²) in [5, 5.41) is 6.96. The van der Waals surface area contributed by atoms with Crippen molar-refractivity contribution in [3.8, 4) is 0 Å². The zero-order chi connectivity index (χ0) is 19.9. The van der Waals surface area contributed by atoms with E-state index < -0.39 is 0 Å². The minimum atomic E-state index is -0.313. The van der Waals surface area contributed by atoms with Crippen molar-refractivity contribution in [2.75, 3.05) is 5.32 Å². The van der Waals surface area contributed by atoms with E-state index in [0.29, 0.717) is 16.8 Å². The summed E-state index contributed by atoms with van der Waals surface area (Å²) in [6, 6.07) is 23.5. The molecule has 5 heteroatoms. The van der Waals surface area contributed by atoms with Crippen LogP contribution in [-0.2, 0) is 0 Å². The predicted molar refractivity (Wildman–Crippen MR) is 112 cm³/mol. The average Bonchev–Trinajstić information content (AvgIpc) is 2.73. The van der Waals surface area contributed by atoms with Gasteiger partial charge >= 0.3 is 0 Å². The first-order valence-corrected chi connectivity index (χ1v) is 8.91. The van der Waals surface area contributed by atoms with Crippen LogP contribution in [0.2, 0.25) is 0 Å². The molecule has 0 aliphatic heterocycles. The van der Waals surface area contributed by atoms with Gasteiger partial charge in [0.2, 0.25) is 0 Å². The number of aryl methyl sites for hydroxylation is 1. The molecule has 0 spiro atoms. The Balaban J connectivity index is 1.61. The second kappa shape index (κ2) is 8.77. The number of benzene rings is 3. The van der Waals surface area contributed by atoms with Crippen LogP contribution in [0.5, 0.6) is 0 Å². The van der Waals surface area contributed by atoms with E-state index in [0.717, 1.165) is 11.3 Å². The first-order valence-electron chi connectivity index (χ1n) is 8.91. The lowest BCUT2D eigenvalue weighted by Crippen LogP contribution is -2.19. The first-order chi connectivity index (χ1) is 13.5. The number of carbonyl (C=O) groups is 2. The monoisotopic (exact) mass is 371 g/mol. The summed E-state index contributed by atoms with van der Waals surface area (Å²) in [5.74, 6) is -0.511. The smallest absolute Gasteiger partial charge is 0.271 e. The van der Waals surface area contributed by atoms with Gasteiger partial charge in [0.15, 0.2) is 0 Å². The molecule has 0 aliphatic carbocycles. The Morgan fingerprint density at radius 3 is 1.93 bits per heavy atom. The molecule has 0 saturated carbocycles. The normalized spacial score (nSPS) is 11.0. The third kappa shape index (κ3) is 4.92. The third-order valence-electron chi connectivity index (χ3n) is 4.24. The van der Waals surface area contributed by atoms with E-state index in [1.807, 2.05) is 56.3 Å². The molecule has 0 aliphatic rings. The van der Waals surface area contributed by atoms with Crippen LogP contribution in [0.4, 0.5) is 5.69 Å². The third-order valence-corrected chi connectivity index (χ3v) is 4.24. The number of amides is 2. The SMILES string of the molecule is C/C(=N/NC(=O)c1ccc(NC(=O)c2ccccc2)cc1)c1ccc(C)cc1. The molecular weight excluding hydrogens is 350 g/mol. The van der Waals surface area contributed by atoms with Crippen LogP contribution in [0.1, 0.15) is 38.8 Å². The molecule has 0 atom stereocenters. The maximum atomic E-state index is 12.3. The number of rotatable bonds is 5. The quantitative estimate of drug-likeness (QED) is 0.515. The van der Waals surface area contributed by atoms with Gasteiger partial charge in [0.25, 0.3) is 11.8 Å². The largest absolute Gasteiger partial charge is 0.322 e. The molecule has 28 heavy (non-hydrogen) atoms. The van der Waals surface area contributed by atoms with Crippen molar-refractivity contribution in [3.63, 3.8) is 0 Å². The highest BCUT2D eigenvalue weighted by Crippen LogP contribution is 2.12. The van der Waals surface area contributed by atoms with Crippen molar-refractivity contribution in [3.05, 3.63) is 101 Å². The molecule has 5 nitrogen and oxygen atoms in total. The van der Waals surface area contributed by atoms with Gasteiger partial charge in [-0.05, 0) is 55.8 Å². The van der Waals surface area contributed by atoms with Gasteiger partial charge in [-0.15, -0.1) is 0 Å². The van der Waals surface area contributed by atoms with Crippen molar-refractivity contribution in [1.82, 2.24) is 5.43 Å². The molecule has 140 valence electrons. The van der Waals surface area contributed by atoms with Crippen molar-refractivity contribution in [1.29, 1.82) is 0 Å². The first kappa shape index (κ1) is 19.0. The van der Waals surface area contributed by atoms with E-state index in [4.69, 9.17) is 0 Å². The van der Waals surface area contributed by atoms with Gasteiger partial charge < -0.3 is 5.32 Å². The summed E-state index contributed by atoms with van der Waals surface area (Å²) in [4.78, 5) is 24.4. The Hall–Kier alpha value is -3.73. The number of nitrogens with zero attached hydrogens (tertiary/aromatic N) is 1. The van der Waals surface area contributed by atoms with Crippen LogP contribution in [0.3, 0.4) is 0 Å². The fraction of sp³-hybridized carbons (Fsp3) is 0.0870. The summed E-state index contributed by atoms with van der Waals surface area (Å²) in [7, 11) is 0. The fourth-order valence-corrected chi connectivity index (χ4v) is 2.56. The standard InChI is InChI=1S/C23H21N3O2/c1-16-8-10-18(11-9-16)17(2)25-26-23(28)20-12-14-21(15-13-20)24-22(27)19-6-4-3-5-7-19/h3-15H,1-2H3,(H,24,27)(H,26,28)/b25-17-. The van der Waals surface area contributed by atoms with Crippen molar-refractivity contribution in [2.45, 2.75) is 13.8 Å². The zero-order valence-electron chi connectivity index (χ0n) is 15.8. The highest BCUT2D eigenvalue weighted by molar-refractivity contribution is 6.04. The van der Waals surface area contributed by atoms with Gasteiger partial charge in [-0.25, -0.2) is 5.43 Å². The Labute approximate surface area is 164 Å². The lowest BCUT2D eigenvalue weighted by molar-refractivity contribution is 0.0954. The number of hydrogen-bond donors (Lipinski definition) is 2. The number of anilines is 1. The fourth-order valence-electron chi connectivity index (χ4n) is 2.56. The van der Waals surface area contributed by atoms with Gasteiger partial charge in [-0.2, -0.15) is 5.10 Å². The molecule has 0 bridgehead atoms. The van der Waals surface area contributed by atoms with Gasteiger partial charge in [-0.1, -0.05) is 48.0 Å². The average molecular weight is 371 g/mol. The van der Waals surface area contributed by atoms with E-state index in [1.54, 1.807) is 36.4 Å². The summed E-state index contributed by atoms with van der Waals surface area (Å²) < 4.78 is 0. The molecule has 0 radical (unpaired) electrons. The lowest BCUT2D eigenvalue weighted by atomic mass is 10.1. The van der Waals surface area contributed by atoms with E-state index in [-0.39, 0.29) is 11.8 Å². The van der Waals surface area contributed by atoms with Crippen LogP contribution in [0.25, 0.3) is 0 Å². The molecule has 0 fully saturated rings. The number of carbonyl (C=O) groups excluding carboxylic acids is 2. The summed E-state index contributed by atoms with van der Waals surface area (Å²) >= 11 is 0. The molecule has 0 unspecified atom stereocenters. The van der Waals surface area contributed by atoms with E-state index in [2.05, 4.69) is 15.8 Å². The molecule has 0 heterocycles. The maximum Gasteiger partial charge on any atom is 0.271 e. The van der Waals surface area contributed by atoms with E-state index in [1.165, 1.54) is 5.56 Å². The second-order valence-electron chi connectivity index (χ2n) is 6.40. The highest BCUT2D eigenvalue weighted by atomic mass is 16.2. The maximum absolute atomic E-state index is 12.3. The van der Waals surface area contributed by atoms with E-state index >= 15 is 0 Å². The van der Waals surface area contributed by atoms with Crippen LogP contribution in [0.15, 0.2) is 84.0 Å². The van der Waals surface area contributed by atoms with Gasteiger partial charge in [0, 0.05) is 16.8 Å². The van der Waals surface area contributed by atoms with Gasteiger partial charge in [-0.3, -0.25) is 9.59 Å². The van der Waals surface area contributed by atoms with Crippen molar-refractivity contribution < 1.29 is 9.59 Å². The number of nitrogens with one attached hydrogen (secondary N) is 2. The van der Waals surface area contributed by atoms with Crippen LogP contribution < -0.4 is 10.7 Å². The molecule has 2 amide bonds. The molecule has 0 aromatic heterocycles. The van der Waals surface area contributed by atoms with Gasteiger partial charge in [0.05, 0.1) is 5.71 Å². The summed E-state index contributed by atoms with van der Waals surface area (Å²) in [6.07, 6.45) is 0. The van der Waals surface area contributed by atoms with Crippen LogP contribution >= 0.6 is 0 Å². The Morgan fingerprint density at radius 2 is 1.29 bits per heavy atom. The zero-order valence-corrected chi connectivity index (χ0v) is 15.8. The summed E-state index contributed by atoms with van der Waals surface area (Å²) in [5.41, 5.74) is 7.04. The topological polar surface area (TPSA) is 70.6 Å². The van der Waals surface area contributed by atoms with Crippen molar-refractivity contribution in [2.24, 2.45) is 5.10 Å². The minimum absolute atomic E-state index is 0.198. The van der Waals surface area contributed by atoms with E-state index in [9.17, 15) is 9.59 Å². The van der Waals surface area contributed by atoms with Crippen LogP contribution in [-0.4, -0.2) is 17.5 Å². The van der Waals surface area contributed by atoms with Gasteiger partial charge in [0.1, 0.15) is 0 Å². The number of hydrazone groups is 1. The molecule has 3 aromatic rings. The Morgan fingerprint density at radius 1 is 0.714 bits per heavy atom. The number of hydrogen-bond acceptors (Lipinski definition) is 3. The molecule has 2 N–H and O–H groups in total. The second-order valence-corrected chi connectivity index (χ2v) is 6.40. The molecular formula is C23H21N3O2. The summed E-state index contributed by atoms with van der Waals surface area (Å²) in [6.45, 7) is 3.86. The Kier molecular flexibility index (Phi) is 5.97.